The van der Waals surface area contributed by atoms with Gasteiger partial charge in [0.25, 0.3) is 5.91 Å². The number of aromatic hydroxyl groups is 1. The number of ketones is 1. The van der Waals surface area contributed by atoms with Crippen LogP contribution in [-0.4, -0.2) is 49.5 Å². The van der Waals surface area contributed by atoms with E-state index in [1.807, 2.05) is 6.92 Å². The molecule has 3 rings (SSSR count). The molecule has 0 spiro atoms. The molecule has 0 radical (unpaired) electrons. The van der Waals surface area contributed by atoms with E-state index in [0.717, 1.165) is 0 Å². The van der Waals surface area contributed by atoms with Crippen molar-refractivity contribution >= 4 is 38.8 Å². The zero-order chi connectivity index (χ0) is 24.3. The molecule has 0 aliphatic carbocycles. The molecule has 2 N–H and O–H groups in total. The Morgan fingerprint density at radius 1 is 1.15 bits per heavy atom. The van der Waals surface area contributed by atoms with Crippen molar-refractivity contribution < 1.29 is 32.6 Å². The van der Waals surface area contributed by atoms with Crippen molar-refractivity contribution in [2.45, 2.75) is 44.6 Å². The monoisotopic (exact) mass is 474 g/mol. The van der Waals surface area contributed by atoms with E-state index in [9.17, 15) is 27.9 Å². The Bertz CT molecular complexity index is 1210. The molecule has 1 aliphatic rings. The van der Waals surface area contributed by atoms with Crippen molar-refractivity contribution in [1.29, 1.82) is 0 Å². The highest BCUT2D eigenvalue weighted by Crippen LogP contribution is 2.35. The van der Waals surface area contributed by atoms with E-state index in [0.29, 0.717) is 29.8 Å². The fourth-order valence-corrected chi connectivity index (χ4v) is 4.33. The van der Waals surface area contributed by atoms with E-state index < -0.39 is 34.3 Å². The van der Waals surface area contributed by atoms with Crippen LogP contribution < -0.4 is 15.0 Å². The number of hydrogen-bond acceptors (Lipinski definition) is 7. The summed E-state index contributed by atoms with van der Waals surface area (Å²) in [6.07, 6.45) is 0.180. The Balaban J connectivity index is 1.88. The zero-order valence-electron chi connectivity index (χ0n) is 18.6. The highest BCUT2D eigenvalue weighted by atomic mass is 32.2. The molecule has 9 nitrogen and oxygen atoms in total. The van der Waals surface area contributed by atoms with Gasteiger partial charge in [0.05, 0.1) is 22.0 Å². The van der Waals surface area contributed by atoms with Gasteiger partial charge >= 0.3 is 0 Å². The van der Waals surface area contributed by atoms with Crippen LogP contribution in [-0.2, 0) is 19.4 Å². The molecule has 0 saturated heterocycles. The molecule has 2 aromatic rings. The molecule has 1 heterocycles. The number of nitrogens with one attached hydrogen (secondary N) is 1. The number of nitrogens with zero attached hydrogens (tertiary/aromatic N) is 1. The molecule has 1 atom stereocenters. The number of anilines is 2. The first kappa shape index (κ1) is 24.2. The maximum absolute atomic E-state index is 12.8. The normalized spacial score (nSPS) is 15.5. The number of rotatable bonds is 8. The van der Waals surface area contributed by atoms with Crippen LogP contribution in [0.2, 0.25) is 0 Å². The predicted molar refractivity (Wildman–Crippen MR) is 123 cm³/mol. The second kappa shape index (κ2) is 9.62. The van der Waals surface area contributed by atoms with Crippen molar-refractivity contribution in [3.63, 3.8) is 0 Å². The molecular weight excluding hydrogens is 448 g/mol. The van der Waals surface area contributed by atoms with E-state index in [-0.39, 0.29) is 27.9 Å². The fraction of sp³-hybridized carbons (Fsp3) is 0.348. The third-order valence-electron chi connectivity index (χ3n) is 5.25. The van der Waals surface area contributed by atoms with E-state index in [2.05, 4.69) is 5.32 Å². The van der Waals surface area contributed by atoms with Gasteiger partial charge in [0.2, 0.25) is 5.91 Å². The van der Waals surface area contributed by atoms with Gasteiger partial charge in [-0.3, -0.25) is 19.3 Å². The molecule has 33 heavy (non-hydrogen) atoms. The number of phenols is 1. The highest BCUT2D eigenvalue weighted by molar-refractivity contribution is 7.91. The molecule has 2 amide bonds. The van der Waals surface area contributed by atoms with Gasteiger partial charge in [-0.2, -0.15) is 0 Å². The minimum absolute atomic E-state index is 0.0430. The van der Waals surface area contributed by atoms with E-state index in [1.165, 1.54) is 36.1 Å². The summed E-state index contributed by atoms with van der Waals surface area (Å²) in [6.45, 7) is 4.51. The van der Waals surface area contributed by atoms with Gasteiger partial charge < -0.3 is 15.2 Å². The first-order valence-corrected chi connectivity index (χ1v) is 12.2. The molecule has 0 bridgehead atoms. The lowest BCUT2D eigenvalue weighted by Crippen LogP contribution is -2.47. The third-order valence-corrected chi connectivity index (χ3v) is 6.98. The largest absolute Gasteiger partial charge is 0.506 e. The van der Waals surface area contributed by atoms with Crippen LogP contribution >= 0.6 is 0 Å². The van der Waals surface area contributed by atoms with Crippen LogP contribution in [0.3, 0.4) is 0 Å². The summed E-state index contributed by atoms with van der Waals surface area (Å²) in [5.41, 5.74) is 0.610. The van der Waals surface area contributed by atoms with Gasteiger partial charge in [-0.05, 0) is 49.7 Å². The number of hydrogen-bond donors (Lipinski definition) is 2. The smallest absolute Gasteiger partial charge is 0.268 e. The standard InChI is InChI=1S/C23H26N2O7S/c1-4-6-19(26)15-7-10-21-18(11-15)25(23(29)14(3)32-21)13-22(28)24-17-12-16(8-9-20(17)27)33(30,31)5-2/h7-12,14,27H,4-6,13H2,1-3H3,(H,24,28). The number of sulfone groups is 1. The maximum atomic E-state index is 12.8. The van der Waals surface area contributed by atoms with Crippen LogP contribution in [0.1, 0.15) is 44.0 Å². The van der Waals surface area contributed by atoms with Crippen LogP contribution in [0.4, 0.5) is 11.4 Å². The molecule has 1 aliphatic heterocycles. The lowest BCUT2D eigenvalue weighted by atomic mass is 10.0. The number of phenolic OH excluding ortho intramolecular Hbond substituents is 1. The van der Waals surface area contributed by atoms with E-state index >= 15 is 0 Å². The highest BCUT2D eigenvalue weighted by Gasteiger charge is 2.33. The lowest BCUT2D eigenvalue weighted by molar-refractivity contribution is -0.127. The number of benzene rings is 2. The molecule has 0 fully saturated rings. The average Bonchev–Trinajstić information content (AvgIpc) is 2.78. The lowest BCUT2D eigenvalue weighted by Gasteiger charge is -2.32. The summed E-state index contributed by atoms with van der Waals surface area (Å²) in [4.78, 5) is 39.0. The van der Waals surface area contributed by atoms with Crippen LogP contribution in [0, 0.1) is 0 Å². The number of fused-ring (bicyclic) bond motifs is 1. The number of ether oxygens (including phenoxy) is 1. The predicted octanol–water partition coefficient (Wildman–Crippen LogP) is 2.92. The van der Waals surface area contributed by atoms with Crippen LogP contribution in [0.5, 0.6) is 11.5 Å². The number of carbonyl (C=O) groups is 3. The Labute approximate surface area is 192 Å². The Morgan fingerprint density at radius 3 is 2.55 bits per heavy atom. The molecule has 0 aromatic heterocycles. The number of Topliss-reactive ketones (excluding diaryl/α,β-unsaturated/α-hetero) is 1. The minimum atomic E-state index is -3.55. The Morgan fingerprint density at radius 2 is 1.88 bits per heavy atom. The Kier molecular flexibility index (Phi) is 7.06. The molecule has 176 valence electrons. The molecule has 2 aromatic carbocycles. The Hall–Kier alpha value is -3.40. The van der Waals surface area contributed by atoms with E-state index in [4.69, 9.17) is 4.74 Å². The molecule has 1 unspecified atom stereocenters. The quantitative estimate of drug-likeness (QED) is 0.444. The SMILES string of the molecule is CCCC(=O)c1ccc2c(c1)N(CC(=O)Nc1cc(S(=O)(=O)CC)ccc1O)C(=O)C(C)O2. The summed E-state index contributed by atoms with van der Waals surface area (Å²) in [5, 5.41) is 12.5. The average molecular weight is 475 g/mol. The summed E-state index contributed by atoms with van der Waals surface area (Å²) in [6, 6.07) is 8.34. The second-order valence-corrected chi connectivity index (χ2v) is 9.95. The van der Waals surface area contributed by atoms with Crippen molar-refractivity contribution in [2.24, 2.45) is 0 Å². The van der Waals surface area contributed by atoms with Crippen molar-refractivity contribution in [2.75, 3.05) is 22.5 Å². The summed E-state index contributed by atoms with van der Waals surface area (Å²) in [5.74, 6) is -1.30. The summed E-state index contributed by atoms with van der Waals surface area (Å²) in [7, 11) is -3.55. The molecule has 0 saturated carbocycles. The first-order chi connectivity index (χ1) is 15.6. The van der Waals surface area contributed by atoms with E-state index in [1.54, 1.807) is 19.1 Å². The minimum Gasteiger partial charge on any atom is -0.506 e. The summed E-state index contributed by atoms with van der Waals surface area (Å²) >= 11 is 0. The topological polar surface area (TPSA) is 130 Å². The van der Waals surface area contributed by atoms with Crippen LogP contribution in [0.15, 0.2) is 41.3 Å². The van der Waals surface area contributed by atoms with Crippen molar-refractivity contribution in [3.05, 3.63) is 42.0 Å². The third kappa shape index (κ3) is 5.16. The second-order valence-electron chi connectivity index (χ2n) is 7.67. The molecule has 10 heteroatoms. The number of amides is 2. The first-order valence-electron chi connectivity index (χ1n) is 10.6. The van der Waals surface area contributed by atoms with Gasteiger partial charge in [0.15, 0.2) is 21.7 Å². The van der Waals surface area contributed by atoms with Gasteiger partial charge in [-0.1, -0.05) is 13.8 Å². The van der Waals surface area contributed by atoms with Crippen molar-refractivity contribution in [1.82, 2.24) is 0 Å². The van der Waals surface area contributed by atoms with Crippen molar-refractivity contribution in [3.8, 4) is 11.5 Å². The molecular formula is C23H26N2O7S. The zero-order valence-corrected chi connectivity index (χ0v) is 19.4. The van der Waals surface area contributed by atoms with Gasteiger partial charge in [0.1, 0.15) is 18.0 Å². The fourth-order valence-electron chi connectivity index (χ4n) is 3.42. The number of carbonyl (C=O) groups excluding carboxylic acids is 3. The van der Waals surface area contributed by atoms with Gasteiger partial charge in [-0.25, -0.2) is 8.42 Å². The van der Waals surface area contributed by atoms with Gasteiger partial charge in [-0.15, -0.1) is 0 Å². The summed E-state index contributed by atoms with van der Waals surface area (Å²) < 4.78 is 29.9. The maximum Gasteiger partial charge on any atom is 0.268 e. The van der Waals surface area contributed by atoms with Crippen LogP contribution in [0.25, 0.3) is 0 Å². The van der Waals surface area contributed by atoms with Gasteiger partial charge in [0, 0.05) is 12.0 Å².